The molecule has 0 aliphatic heterocycles. The highest BCUT2D eigenvalue weighted by Crippen LogP contribution is 2.28. The van der Waals surface area contributed by atoms with Gasteiger partial charge in [-0.2, -0.15) is 0 Å². The van der Waals surface area contributed by atoms with E-state index in [0.29, 0.717) is 5.92 Å². The maximum atomic E-state index is 6.05. The minimum absolute atomic E-state index is 0.192. The smallest absolute Gasteiger partial charge is 0.0701 e. The molecule has 1 aromatic rings. The Balaban J connectivity index is 2.70. The Bertz CT molecular complexity index is 246. The summed E-state index contributed by atoms with van der Waals surface area (Å²) in [5.41, 5.74) is 7.30. The summed E-state index contributed by atoms with van der Waals surface area (Å²) < 4.78 is 1.16. The van der Waals surface area contributed by atoms with Crippen molar-refractivity contribution in [2.45, 2.75) is 26.3 Å². The van der Waals surface area contributed by atoms with Gasteiger partial charge in [-0.25, -0.2) is 0 Å². The molecule has 0 fully saturated rings. The van der Waals surface area contributed by atoms with Crippen LogP contribution >= 0.6 is 27.3 Å². The van der Waals surface area contributed by atoms with E-state index in [0.717, 1.165) is 10.2 Å². The zero-order valence-corrected chi connectivity index (χ0v) is 9.78. The van der Waals surface area contributed by atoms with Crippen molar-refractivity contribution in [1.29, 1.82) is 0 Å². The van der Waals surface area contributed by atoms with E-state index in [9.17, 15) is 0 Å². The lowest BCUT2D eigenvalue weighted by Gasteiger charge is -2.16. The summed E-state index contributed by atoms with van der Waals surface area (Å²) in [6, 6.07) is 2.30. The minimum Gasteiger partial charge on any atom is -0.324 e. The lowest BCUT2D eigenvalue weighted by Crippen LogP contribution is -2.17. The topological polar surface area (TPSA) is 26.0 Å². The van der Waals surface area contributed by atoms with Gasteiger partial charge in [-0.15, -0.1) is 11.3 Å². The summed E-state index contributed by atoms with van der Waals surface area (Å²) >= 11 is 5.13. The van der Waals surface area contributed by atoms with Crippen molar-refractivity contribution in [2.75, 3.05) is 0 Å². The van der Waals surface area contributed by atoms with Gasteiger partial charge in [0.15, 0.2) is 0 Å². The molecule has 0 spiro atoms. The number of nitrogens with two attached hydrogens (primary N) is 1. The first-order valence-corrected chi connectivity index (χ1v) is 5.82. The Kier molecular flexibility index (Phi) is 3.75. The maximum Gasteiger partial charge on any atom is 0.0701 e. The molecule has 2 atom stereocenters. The van der Waals surface area contributed by atoms with E-state index in [4.69, 9.17) is 5.73 Å². The minimum atomic E-state index is 0.192. The Hall–Kier alpha value is 0.140. The molecule has 0 saturated carbocycles. The van der Waals surface area contributed by atoms with Crippen LogP contribution in [0.5, 0.6) is 0 Å². The first-order chi connectivity index (χ1) is 5.65. The molecule has 0 saturated heterocycles. The van der Waals surface area contributed by atoms with Crippen LogP contribution in [0.1, 0.15) is 31.9 Å². The van der Waals surface area contributed by atoms with Crippen LogP contribution in [-0.2, 0) is 0 Å². The summed E-state index contributed by atoms with van der Waals surface area (Å²) in [5.74, 6) is 0.562. The van der Waals surface area contributed by atoms with E-state index in [1.807, 2.05) is 0 Å². The predicted octanol–water partition coefficient (Wildman–Crippen LogP) is 3.56. The van der Waals surface area contributed by atoms with Gasteiger partial charge < -0.3 is 5.73 Å². The molecule has 0 bridgehead atoms. The standard InChI is InChI=1S/C9H14BrNS/c1-3-6(2)9(11)7-4-8(10)12-5-7/h4-6,9H,3,11H2,1-2H3. The lowest BCUT2D eigenvalue weighted by molar-refractivity contribution is 0.458. The summed E-state index contributed by atoms with van der Waals surface area (Å²) in [5, 5.41) is 2.13. The van der Waals surface area contributed by atoms with Gasteiger partial charge in [-0.1, -0.05) is 20.3 Å². The Labute approximate surface area is 86.1 Å². The van der Waals surface area contributed by atoms with E-state index < -0.39 is 0 Å². The summed E-state index contributed by atoms with van der Waals surface area (Å²) in [6.07, 6.45) is 1.13. The van der Waals surface area contributed by atoms with Gasteiger partial charge in [0.25, 0.3) is 0 Å². The molecular formula is C9H14BrNS. The molecule has 0 aliphatic carbocycles. The normalized spacial score (nSPS) is 16.0. The Morgan fingerprint density at radius 3 is 2.75 bits per heavy atom. The second kappa shape index (κ2) is 4.40. The molecule has 0 aromatic carbocycles. The molecule has 12 heavy (non-hydrogen) atoms. The Morgan fingerprint density at radius 2 is 2.33 bits per heavy atom. The van der Waals surface area contributed by atoms with Gasteiger partial charge in [0.1, 0.15) is 0 Å². The fourth-order valence-electron chi connectivity index (χ4n) is 1.08. The quantitative estimate of drug-likeness (QED) is 0.869. The maximum absolute atomic E-state index is 6.05. The van der Waals surface area contributed by atoms with Gasteiger partial charge in [0, 0.05) is 6.04 Å². The highest BCUT2D eigenvalue weighted by atomic mass is 79.9. The van der Waals surface area contributed by atoms with Crippen molar-refractivity contribution in [2.24, 2.45) is 11.7 Å². The molecule has 2 N–H and O–H groups in total. The molecule has 1 rings (SSSR count). The van der Waals surface area contributed by atoms with Crippen LogP contribution in [0, 0.1) is 5.92 Å². The number of thiophene rings is 1. The van der Waals surface area contributed by atoms with Crippen molar-refractivity contribution < 1.29 is 0 Å². The van der Waals surface area contributed by atoms with Gasteiger partial charge >= 0.3 is 0 Å². The zero-order chi connectivity index (χ0) is 9.14. The van der Waals surface area contributed by atoms with E-state index in [2.05, 4.69) is 41.2 Å². The second-order valence-electron chi connectivity index (χ2n) is 3.10. The highest BCUT2D eigenvalue weighted by molar-refractivity contribution is 9.11. The van der Waals surface area contributed by atoms with Crippen LogP contribution in [0.3, 0.4) is 0 Å². The van der Waals surface area contributed by atoms with Crippen LogP contribution in [0.25, 0.3) is 0 Å². The first-order valence-electron chi connectivity index (χ1n) is 4.14. The van der Waals surface area contributed by atoms with Gasteiger partial charge in [-0.05, 0) is 38.9 Å². The third-order valence-electron chi connectivity index (χ3n) is 2.23. The van der Waals surface area contributed by atoms with E-state index in [1.54, 1.807) is 11.3 Å². The number of rotatable bonds is 3. The van der Waals surface area contributed by atoms with E-state index in [-0.39, 0.29) is 6.04 Å². The summed E-state index contributed by atoms with van der Waals surface area (Å²) in [7, 11) is 0. The van der Waals surface area contributed by atoms with Crippen LogP contribution in [0.4, 0.5) is 0 Å². The van der Waals surface area contributed by atoms with E-state index in [1.165, 1.54) is 5.56 Å². The average Bonchev–Trinajstić information content (AvgIpc) is 2.49. The summed E-state index contributed by atoms with van der Waals surface area (Å²) in [4.78, 5) is 0. The molecule has 2 unspecified atom stereocenters. The number of hydrogen-bond acceptors (Lipinski definition) is 2. The molecule has 68 valence electrons. The zero-order valence-electron chi connectivity index (χ0n) is 7.38. The van der Waals surface area contributed by atoms with Crippen molar-refractivity contribution in [1.82, 2.24) is 0 Å². The first kappa shape index (κ1) is 10.2. The predicted molar refractivity (Wildman–Crippen MR) is 58.4 cm³/mol. The molecule has 1 heterocycles. The fourth-order valence-corrected chi connectivity index (χ4v) is 2.30. The highest BCUT2D eigenvalue weighted by Gasteiger charge is 2.13. The van der Waals surface area contributed by atoms with Crippen molar-refractivity contribution in [3.63, 3.8) is 0 Å². The van der Waals surface area contributed by atoms with Crippen molar-refractivity contribution in [3.05, 3.63) is 20.8 Å². The van der Waals surface area contributed by atoms with Gasteiger partial charge in [0.05, 0.1) is 3.79 Å². The number of hydrogen-bond donors (Lipinski definition) is 1. The van der Waals surface area contributed by atoms with Crippen LogP contribution in [-0.4, -0.2) is 0 Å². The number of halogens is 1. The van der Waals surface area contributed by atoms with Gasteiger partial charge in [0.2, 0.25) is 0 Å². The third kappa shape index (κ3) is 2.31. The van der Waals surface area contributed by atoms with Gasteiger partial charge in [-0.3, -0.25) is 0 Å². The largest absolute Gasteiger partial charge is 0.324 e. The van der Waals surface area contributed by atoms with Crippen molar-refractivity contribution in [3.8, 4) is 0 Å². The molecule has 0 radical (unpaired) electrons. The second-order valence-corrected chi connectivity index (χ2v) is 5.39. The van der Waals surface area contributed by atoms with Crippen molar-refractivity contribution >= 4 is 27.3 Å². The SMILES string of the molecule is CCC(C)C(N)c1csc(Br)c1. The van der Waals surface area contributed by atoms with Crippen LogP contribution < -0.4 is 5.73 Å². The molecule has 1 aromatic heterocycles. The summed E-state index contributed by atoms with van der Waals surface area (Å²) in [6.45, 7) is 4.36. The van der Waals surface area contributed by atoms with E-state index >= 15 is 0 Å². The Morgan fingerprint density at radius 1 is 1.67 bits per heavy atom. The van der Waals surface area contributed by atoms with Crippen LogP contribution in [0.2, 0.25) is 0 Å². The fraction of sp³-hybridized carbons (Fsp3) is 0.556. The molecule has 3 heteroatoms. The average molecular weight is 248 g/mol. The lowest BCUT2D eigenvalue weighted by atomic mass is 9.95. The molecule has 1 nitrogen and oxygen atoms in total. The molecule has 0 aliphatic rings. The monoisotopic (exact) mass is 247 g/mol. The van der Waals surface area contributed by atoms with Crippen LogP contribution in [0.15, 0.2) is 15.2 Å². The molecular weight excluding hydrogens is 234 g/mol. The molecule has 0 amide bonds. The third-order valence-corrected chi connectivity index (χ3v) is 3.75.